The first-order chi connectivity index (χ1) is 6.79. The Balaban J connectivity index is 2.26. The van der Waals surface area contributed by atoms with E-state index in [4.69, 9.17) is 0 Å². The van der Waals surface area contributed by atoms with Crippen molar-refractivity contribution in [3.8, 4) is 0 Å². The van der Waals surface area contributed by atoms with E-state index in [1.807, 2.05) is 7.05 Å². The van der Waals surface area contributed by atoms with Crippen molar-refractivity contribution in [1.82, 2.24) is 15.3 Å². The highest BCUT2D eigenvalue weighted by molar-refractivity contribution is 5.11. The van der Waals surface area contributed by atoms with E-state index in [1.165, 1.54) is 19.3 Å². The molecule has 4 nitrogen and oxygen atoms in total. The van der Waals surface area contributed by atoms with Gasteiger partial charge in [0.05, 0.1) is 12.2 Å². The Morgan fingerprint density at radius 2 is 2.43 bits per heavy atom. The van der Waals surface area contributed by atoms with Crippen LogP contribution >= 0.6 is 0 Å². The summed E-state index contributed by atoms with van der Waals surface area (Å²) >= 11 is 0. The summed E-state index contributed by atoms with van der Waals surface area (Å²) in [6.07, 6.45) is 3.62. The molecule has 0 amide bonds. The molecular weight excluding hydrogens is 178 g/mol. The Bertz CT molecular complexity index is 368. The van der Waals surface area contributed by atoms with Crippen molar-refractivity contribution in [1.29, 1.82) is 0 Å². The second-order valence-corrected chi connectivity index (χ2v) is 3.78. The maximum absolute atomic E-state index is 11.3. The van der Waals surface area contributed by atoms with Crippen LogP contribution in [0, 0.1) is 0 Å². The SMILES string of the molecule is CNCc1nc(C2CCC2)cc(=O)[nH]1. The van der Waals surface area contributed by atoms with Gasteiger partial charge in [-0.3, -0.25) is 4.79 Å². The second kappa shape index (κ2) is 3.92. The standard InChI is InChI=1S/C10H15N3O/c1-11-6-9-12-8(5-10(14)13-9)7-3-2-4-7/h5,7,11H,2-4,6H2,1H3,(H,12,13,14). The third-order valence-electron chi connectivity index (χ3n) is 2.68. The molecule has 0 aliphatic heterocycles. The number of nitrogens with zero attached hydrogens (tertiary/aromatic N) is 1. The van der Waals surface area contributed by atoms with Gasteiger partial charge in [-0.15, -0.1) is 0 Å². The van der Waals surface area contributed by atoms with E-state index in [-0.39, 0.29) is 5.56 Å². The second-order valence-electron chi connectivity index (χ2n) is 3.78. The number of rotatable bonds is 3. The van der Waals surface area contributed by atoms with E-state index < -0.39 is 0 Å². The Hall–Kier alpha value is -1.16. The van der Waals surface area contributed by atoms with Gasteiger partial charge < -0.3 is 10.3 Å². The monoisotopic (exact) mass is 193 g/mol. The normalized spacial score (nSPS) is 16.6. The lowest BCUT2D eigenvalue weighted by Gasteiger charge is -2.24. The molecule has 0 bridgehead atoms. The fraction of sp³-hybridized carbons (Fsp3) is 0.600. The van der Waals surface area contributed by atoms with Crippen molar-refractivity contribution in [3.63, 3.8) is 0 Å². The van der Waals surface area contributed by atoms with Gasteiger partial charge in [-0.2, -0.15) is 0 Å². The van der Waals surface area contributed by atoms with E-state index in [2.05, 4.69) is 15.3 Å². The van der Waals surface area contributed by atoms with Crippen LogP contribution < -0.4 is 10.9 Å². The van der Waals surface area contributed by atoms with Gasteiger partial charge in [-0.25, -0.2) is 4.98 Å². The predicted octanol–water partition coefficient (Wildman–Crippen LogP) is 0.757. The molecule has 1 saturated carbocycles. The lowest BCUT2D eigenvalue weighted by atomic mass is 9.83. The first-order valence-corrected chi connectivity index (χ1v) is 5.04. The minimum atomic E-state index is -0.0350. The van der Waals surface area contributed by atoms with Gasteiger partial charge in [0.25, 0.3) is 5.56 Å². The summed E-state index contributed by atoms with van der Waals surface area (Å²) in [5, 5.41) is 2.98. The summed E-state index contributed by atoms with van der Waals surface area (Å²) in [7, 11) is 1.84. The van der Waals surface area contributed by atoms with Gasteiger partial charge in [0, 0.05) is 12.0 Å². The third kappa shape index (κ3) is 1.85. The molecule has 76 valence electrons. The summed E-state index contributed by atoms with van der Waals surface area (Å²) in [6.45, 7) is 0.621. The number of aromatic nitrogens is 2. The lowest BCUT2D eigenvalue weighted by molar-refractivity contribution is 0.408. The van der Waals surface area contributed by atoms with Crippen molar-refractivity contribution in [3.05, 3.63) is 27.9 Å². The van der Waals surface area contributed by atoms with Crippen LogP contribution in [-0.4, -0.2) is 17.0 Å². The van der Waals surface area contributed by atoms with Crippen molar-refractivity contribution in [2.75, 3.05) is 7.05 Å². The average molecular weight is 193 g/mol. The highest BCUT2D eigenvalue weighted by Crippen LogP contribution is 2.34. The molecule has 4 heteroatoms. The number of H-pyrrole nitrogens is 1. The van der Waals surface area contributed by atoms with Gasteiger partial charge in [0.15, 0.2) is 0 Å². The van der Waals surface area contributed by atoms with E-state index in [0.717, 1.165) is 11.5 Å². The molecule has 0 saturated heterocycles. The molecule has 1 aliphatic rings. The predicted molar refractivity (Wildman–Crippen MR) is 54.2 cm³/mol. The van der Waals surface area contributed by atoms with Crippen molar-refractivity contribution >= 4 is 0 Å². The van der Waals surface area contributed by atoms with Crippen LogP contribution in [0.15, 0.2) is 10.9 Å². The fourth-order valence-corrected chi connectivity index (χ4v) is 1.69. The van der Waals surface area contributed by atoms with Crippen LogP contribution in [0.2, 0.25) is 0 Å². The maximum Gasteiger partial charge on any atom is 0.251 e. The van der Waals surface area contributed by atoms with Gasteiger partial charge >= 0.3 is 0 Å². The van der Waals surface area contributed by atoms with Crippen LogP contribution in [0.25, 0.3) is 0 Å². The zero-order valence-corrected chi connectivity index (χ0v) is 8.34. The smallest absolute Gasteiger partial charge is 0.251 e. The van der Waals surface area contributed by atoms with E-state index >= 15 is 0 Å². The van der Waals surface area contributed by atoms with Gasteiger partial charge in [-0.1, -0.05) is 6.42 Å². The van der Waals surface area contributed by atoms with Gasteiger partial charge in [0.2, 0.25) is 0 Å². The molecule has 1 heterocycles. The van der Waals surface area contributed by atoms with Crippen LogP contribution in [0.1, 0.15) is 36.7 Å². The fourth-order valence-electron chi connectivity index (χ4n) is 1.69. The Labute approximate surface area is 82.8 Å². The summed E-state index contributed by atoms with van der Waals surface area (Å²) in [5.74, 6) is 1.26. The number of nitrogens with one attached hydrogen (secondary N) is 2. The number of hydrogen-bond acceptors (Lipinski definition) is 3. The molecule has 2 N–H and O–H groups in total. The first-order valence-electron chi connectivity index (χ1n) is 5.04. The maximum atomic E-state index is 11.3. The zero-order chi connectivity index (χ0) is 9.97. The molecule has 0 radical (unpaired) electrons. The number of aromatic amines is 1. The molecule has 0 unspecified atom stereocenters. The Morgan fingerprint density at radius 1 is 1.64 bits per heavy atom. The Morgan fingerprint density at radius 3 is 3.00 bits per heavy atom. The zero-order valence-electron chi connectivity index (χ0n) is 8.34. The largest absolute Gasteiger partial charge is 0.313 e. The molecule has 2 rings (SSSR count). The Kier molecular flexibility index (Phi) is 2.63. The van der Waals surface area contributed by atoms with Crippen molar-refractivity contribution in [2.24, 2.45) is 0 Å². The van der Waals surface area contributed by atoms with Crippen molar-refractivity contribution in [2.45, 2.75) is 31.7 Å². The van der Waals surface area contributed by atoms with Crippen molar-refractivity contribution < 1.29 is 0 Å². The first kappa shape index (κ1) is 9.40. The van der Waals surface area contributed by atoms with Crippen LogP contribution in [0.3, 0.4) is 0 Å². The lowest BCUT2D eigenvalue weighted by Crippen LogP contribution is -2.20. The van der Waals surface area contributed by atoms with E-state index in [1.54, 1.807) is 6.07 Å². The van der Waals surface area contributed by atoms with E-state index in [0.29, 0.717) is 12.5 Å². The molecule has 0 spiro atoms. The van der Waals surface area contributed by atoms with Crippen LogP contribution in [0.5, 0.6) is 0 Å². The van der Waals surface area contributed by atoms with Crippen LogP contribution in [-0.2, 0) is 6.54 Å². The summed E-state index contributed by atoms with van der Waals surface area (Å²) < 4.78 is 0. The molecular formula is C10H15N3O. The van der Waals surface area contributed by atoms with E-state index in [9.17, 15) is 4.79 Å². The molecule has 0 aromatic carbocycles. The third-order valence-corrected chi connectivity index (χ3v) is 2.68. The summed E-state index contributed by atoms with van der Waals surface area (Å²) in [5.41, 5.74) is 0.928. The minimum Gasteiger partial charge on any atom is -0.313 e. The highest BCUT2D eigenvalue weighted by Gasteiger charge is 2.21. The van der Waals surface area contributed by atoms with Gasteiger partial charge in [0.1, 0.15) is 5.82 Å². The minimum absolute atomic E-state index is 0.0350. The highest BCUT2D eigenvalue weighted by atomic mass is 16.1. The molecule has 1 fully saturated rings. The quantitative estimate of drug-likeness (QED) is 0.745. The number of hydrogen-bond donors (Lipinski definition) is 2. The molecule has 1 aromatic heterocycles. The van der Waals surface area contributed by atoms with Gasteiger partial charge in [-0.05, 0) is 19.9 Å². The molecule has 14 heavy (non-hydrogen) atoms. The average Bonchev–Trinajstić information content (AvgIpc) is 1.99. The molecule has 0 atom stereocenters. The summed E-state index contributed by atoms with van der Waals surface area (Å²) in [6, 6.07) is 1.63. The topological polar surface area (TPSA) is 57.8 Å². The molecule has 1 aromatic rings. The molecule has 1 aliphatic carbocycles. The van der Waals surface area contributed by atoms with Crippen LogP contribution in [0.4, 0.5) is 0 Å². The summed E-state index contributed by atoms with van der Waals surface area (Å²) in [4.78, 5) is 18.5.